The third-order valence-corrected chi connectivity index (χ3v) is 3.29. The van der Waals surface area contributed by atoms with Crippen molar-refractivity contribution in [1.29, 1.82) is 0 Å². The summed E-state index contributed by atoms with van der Waals surface area (Å²) in [5, 5.41) is 0. The van der Waals surface area contributed by atoms with Crippen LogP contribution in [0.25, 0.3) is 11.0 Å². The molecule has 0 amide bonds. The molecule has 2 nitrogen and oxygen atoms in total. The first-order valence-corrected chi connectivity index (χ1v) is 4.90. The van der Waals surface area contributed by atoms with E-state index in [1.807, 2.05) is 25.1 Å². The van der Waals surface area contributed by atoms with Crippen molar-refractivity contribution in [2.24, 2.45) is 0 Å². The Hall–Kier alpha value is -0.520. The molecule has 0 saturated carbocycles. The van der Waals surface area contributed by atoms with E-state index in [1.165, 1.54) is 0 Å². The molecule has 0 aliphatic rings. The monoisotopic (exact) mass is 227 g/mol. The Morgan fingerprint density at radius 2 is 2.15 bits per heavy atom. The Labute approximate surface area is 93.1 Å². The Kier molecular flexibility index (Phi) is 2.09. The largest absolute Gasteiger partial charge is 0.775 e. The lowest BCUT2D eigenvalue weighted by atomic mass is 10.3. The summed E-state index contributed by atoms with van der Waals surface area (Å²) >= 11 is 14.7. The molecule has 0 atom stereocenters. The van der Waals surface area contributed by atoms with Gasteiger partial charge in [-0.2, -0.15) is 3.97 Å². The third kappa shape index (κ3) is 1.19. The first kappa shape index (κ1) is 9.05. The smallest absolute Gasteiger partial charge is 0.248 e. The van der Waals surface area contributed by atoms with Gasteiger partial charge in [-0.05, 0) is 6.07 Å². The molecule has 2 rings (SSSR count). The van der Waals surface area contributed by atoms with Crippen LogP contribution in [0.5, 0.6) is 0 Å². The molecule has 0 aliphatic heterocycles. The van der Waals surface area contributed by atoms with Gasteiger partial charge in [0.15, 0.2) is 11.0 Å². The van der Waals surface area contributed by atoms with Gasteiger partial charge >= 0.3 is 0 Å². The second-order valence-corrected chi connectivity index (χ2v) is 3.98. The van der Waals surface area contributed by atoms with E-state index in [4.69, 9.17) is 25.4 Å². The van der Waals surface area contributed by atoms with E-state index in [2.05, 4.69) is 12.8 Å². The average molecular weight is 227 g/mol. The number of fused-ring (bicyclic) bond motifs is 1. The highest BCUT2D eigenvalue weighted by Crippen LogP contribution is 2.18. The lowest BCUT2D eigenvalue weighted by Crippen LogP contribution is -2.28. The molecule has 0 bridgehead atoms. The molecule has 2 aromatic rings. The molecular formula is C8H7N2S3-. The highest BCUT2D eigenvalue weighted by Gasteiger charge is 2.12. The number of benzene rings is 1. The van der Waals surface area contributed by atoms with E-state index in [0.717, 1.165) is 21.8 Å². The minimum absolute atomic E-state index is 0.777. The van der Waals surface area contributed by atoms with Crippen LogP contribution in [0.1, 0.15) is 5.82 Å². The van der Waals surface area contributed by atoms with Crippen LogP contribution in [-0.2, 0) is 25.4 Å². The summed E-state index contributed by atoms with van der Waals surface area (Å²) in [6.45, 7) is 1.91. The van der Waals surface area contributed by atoms with E-state index in [1.54, 1.807) is 7.94 Å². The normalized spacial score (nSPS) is 10.9. The SMILES string of the molecule is Cc1n(S)c2c([S-])cccc2[n+]1[S-]. The number of hydrogen-bond donors (Lipinski definition) is 1. The van der Waals surface area contributed by atoms with E-state index < -0.39 is 0 Å². The predicted molar refractivity (Wildman–Crippen MR) is 59.6 cm³/mol. The maximum Gasteiger partial charge on any atom is 0.248 e. The summed E-state index contributed by atoms with van der Waals surface area (Å²) in [6.07, 6.45) is 0. The molecule has 68 valence electrons. The number of thiol groups is 1. The highest BCUT2D eigenvalue weighted by molar-refractivity contribution is 7.78. The molecule has 0 saturated heterocycles. The molecule has 0 aliphatic carbocycles. The summed E-state index contributed by atoms with van der Waals surface area (Å²) < 4.78 is 3.39. The summed E-state index contributed by atoms with van der Waals surface area (Å²) in [5.74, 6) is 0.894. The summed E-state index contributed by atoms with van der Waals surface area (Å²) in [4.78, 5) is 0.777. The maximum absolute atomic E-state index is 5.18. The van der Waals surface area contributed by atoms with E-state index in [9.17, 15) is 0 Å². The number of nitrogens with zero attached hydrogens (tertiary/aromatic N) is 2. The average Bonchev–Trinajstić information content (AvgIpc) is 2.33. The van der Waals surface area contributed by atoms with Gasteiger partial charge in [-0.25, -0.2) is 0 Å². The fraction of sp³-hybridized carbons (Fsp3) is 0.125. The van der Waals surface area contributed by atoms with Crippen molar-refractivity contribution < 1.29 is 3.97 Å². The highest BCUT2D eigenvalue weighted by atomic mass is 32.1. The first-order valence-electron chi connectivity index (χ1n) is 3.73. The molecule has 0 radical (unpaired) electrons. The zero-order chi connectivity index (χ0) is 9.59. The molecule has 1 aromatic heterocycles. The molecule has 5 heteroatoms. The Morgan fingerprint density at radius 1 is 1.46 bits per heavy atom. The van der Waals surface area contributed by atoms with E-state index in [0.29, 0.717) is 0 Å². The molecule has 1 heterocycles. The van der Waals surface area contributed by atoms with Crippen molar-refractivity contribution in [2.75, 3.05) is 0 Å². The van der Waals surface area contributed by atoms with Gasteiger partial charge in [0.05, 0.1) is 0 Å². The predicted octanol–water partition coefficient (Wildman–Crippen LogP) is 1.15. The van der Waals surface area contributed by atoms with Crippen molar-refractivity contribution in [1.82, 2.24) is 3.97 Å². The first-order chi connectivity index (χ1) is 6.13. The lowest BCUT2D eigenvalue weighted by molar-refractivity contribution is -0.470. The van der Waals surface area contributed by atoms with Crippen molar-refractivity contribution in [3.8, 4) is 0 Å². The Bertz CT molecular complexity index is 476. The maximum atomic E-state index is 5.18. The van der Waals surface area contributed by atoms with Gasteiger partial charge < -0.3 is 29.4 Å². The number of rotatable bonds is 0. The fourth-order valence-electron chi connectivity index (χ4n) is 1.31. The van der Waals surface area contributed by atoms with Gasteiger partial charge in [0.2, 0.25) is 5.82 Å². The summed E-state index contributed by atoms with van der Waals surface area (Å²) in [5.41, 5.74) is 1.85. The van der Waals surface area contributed by atoms with Gasteiger partial charge in [0.1, 0.15) is 0 Å². The van der Waals surface area contributed by atoms with Crippen LogP contribution >= 0.6 is 12.8 Å². The molecule has 0 spiro atoms. The number of hydrogen-bond acceptors (Lipinski definition) is 3. The zero-order valence-electron chi connectivity index (χ0n) is 6.89. The van der Waals surface area contributed by atoms with Gasteiger partial charge in [-0.1, -0.05) is 12.1 Å². The van der Waals surface area contributed by atoms with Crippen molar-refractivity contribution in [2.45, 2.75) is 11.8 Å². The Balaban J connectivity index is 3.03. The van der Waals surface area contributed by atoms with Crippen LogP contribution in [0.3, 0.4) is 0 Å². The number of aromatic nitrogens is 2. The van der Waals surface area contributed by atoms with Gasteiger partial charge in [-0.3, -0.25) is 0 Å². The lowest BCUT2D eigenvalue weighted by Gasteiger charge is -2.04. The molecule has 1 aromatic carbocycles. The van der Waals surface area contributed by atoms with Crippen molar-refractivity contribution >= 4 is 49.3 Å². The van der Waals surface area contributed by atoms with Crippen LogP contribution < -0.4 is 3.97 Å². The standard InChI is InChI=1S/C8H8N2S3/c1-5-9(12)6-3-2-4-7(11)8(6)10(5)13/h2-4,11,13H,1H3/p-1. The zero-order valence-corrected chi connectivity index (χ0v) is 9.42. The minimum Gasteiger partial charge on any atom is -0.775 e. The van der Waals surface area contributed by atoms with Crippen LogP contribution in [0, 0.1) is 6.92 Å². The second-order valence-electron chi connectivity index (χ2n) is 2.78. The summed E-state index contributed by atoms with van der Waals surface area (Å²) in [6, 6.07) is 5.72. The molecular weight excluding hydrogens is 220 g/mol. The molecule has 0 unspecified atom stereocenters. The quantitative estimate of drug-likeness (QED) is 0.410. The van der Waals surface area contributed by atoms with Crippen LogP contribution in [-0.4, -0.2) is 3.97 Å². The number of imidazole rings is 1. The second kappa shape index (κ2) is 3.01. The molecule has 0 N–H and O–H groups in total. The van der Waals surface area contributed by atoms with E-state index >= 15 is 0 Å². The number of para-hydroxylation sites is 1. The van der Waals surface area contributed by atoms with E-state index in [-0.39, 0.29) is 0 Å². The summed E-state index contributed by atoms with van der Waals surface area (Å²) in [7, 11) is 0. The third-order valence-electron chi connectivity index (χ3n) is 2.01. The molecule has 13 heavy (non-hydrogen) atoms. The van der Waals surface area contributed by atoms with Crippen LogP contribution in [0.15, 0.2) is 23.1 Å². The molecule has 0 fully saturated rings. The topological polar surface area (TPSA) is 8.81 Å². The Morgan fingerprint density at radius 3 is 2.77 bits per heavy atom. The van der Waals surface area contributed by atoms with Crippen molar-refractivity contribution in [3.63, 3.8) is 0 Å². The van der Waals surface area contributed by atoms with Crippen LogP contribution in [0.4, 0.5) is 0 Å². The van der Waals surface area contributed by atoms with Crippen LogP contribution in [0.2, 0.25) is 0 Å². The minimum atomic E-state index is 0.777. The van der Waals surface area contributed by atoms with Crippen molar-refractivity contribution in [3.05, 3.63) is 24.0 Å². The fourth-order valence-corrected chi connectivity index (χ4v) is 2.24. The van der Waals surface area contributed by atoms with Gasteiger partial charge in [0, 0.05) is 19.7 Å². The van der Waals surface area contributed by atoms with Gasteiger partial charge in [0.25, 0.3) is 0 Å². The van der Waals surface area contributed by atoms with Gasteiger partial charge in [-0.15, -0.1) is 4.90 Å².